The summed E-state index contributed by atoms with van der Waals surface area (Å²) >= 11 is 11.9. The second kappa shape index (κ2) is 7.82. The van der Waals surface area contributed by atoms with Gasteiger partial charge in [0, 0.05) is 10.0 Å². The number of hydrogen-bond donors (Lipinski definition) is 1. The fraction of sp³-hybridized carbons (Fsp3) is 0.111. The molecule has 23 heavy (non-hydrogen) atoms. The Balaban J connectivity index is 2.19. The fourth-order valence-electron chi connectivity index (χ4n) is 2.02. The van der Waals surface area contributed by atoms with Crippen LogP contribution in [-0.2, 0) is 4.79 Å². The average molecular weight is 345 g/mol. The molecular formula is C18H14Cl2N2O. The van der Waals surface area contributed by atoms with Crippen LogP contribution in [0.3, 0.4) is 0 Å². The molecule has 0 bridgehead atoms. The predicted molar refractivity (Wildman–Crippen MR) is 93.1 cm³/mol. The molecule has 0 aliphatic carbocycles. The minimum absolute atomic E-state index is 0.0167. The van der Waals surface area contributed by atoms with E-state index in [1.54, 1.807) is 18.2 Å². The number of rotatable bonds is 4. The van der Waals surface area contributed by atoms with Gasteiger partial charge in [0.2, 0.25) is 0 Å². The largest absolute Gasteiger partial charge is 0.345 e. The summed E-state index contributed by atoms with van der Waals surface area (Å²) in [4.78, 5) is 12.3. The lowest BCUT2D eigenvalue weighted by Gasteiger charge is -2.13. The maximum atomic E-state index is 12.3. The highest BCUT2D eigenvalue weighted by Gasteiger charge is 2.14. The highest BCUT2D eigenvalue weighted by molar-refractivity contribution is 6.35. The summed E-state index contributed by atoms with van der Waals surface area (Å²) in [5.74, 6) is -0.449. The third-order valence-corrected chi connectivity index (χ3v) is 3.84. The number of carbonyl (C=O) groups excluding carboxylic acids is 1. The second-order valence-electron chi connectivity index (χ2n) is 4.94. The van der Waals surface area contributed by atoms with E-state index in [2.05, 4.69) is 5.32 Å². The standard InChI is InChI=1S/C18H14Cl2N2O/c1-12(13-5-3-2-4-6-13)22-18(23)15(11-21)9-14-7-8-16(19)10-17(14)20/h2-10,12H,1H3,(H,22,23)/b15-9+. The molecule has 3 nitrogen and oxygen atoms in total. The summed E-state index contributed by atoms with van der Waals surface area (Å²) < 4.78 is 0. The smallest absolute Gasteiger partial charge is 0.262 e. The molecule has 0 saturated carbocycles. The first kappa shape index (κ1) is 17.1. The Labute approximate surface area is 145 Å². The Kier molecular flexibility index (Phi) is 5.81. The predicted octanol–water partition coefficient (Wildman–Crippen LogP) is 4.78. The first-order valence-electron chi connectivity index (χ1n) is 6.94. The van der Waals surface area contributed by atoms with Gasteiger partial charge in [-0.25, -0.2) is 0 Å². The maximum Gasteiger partial charge on any atom is 0.262 e. The van der Waals surface area contributed by atoms with Gasteiger partial charge >= 0.3 is 0 Å². The van der Waals surface area contributed by atoms with Crippen molar-refractivity contribution < 1.29 is 4.79 Å². The number of nitrogens with one attached hydrogen (secondary N) is 1. The zero-order chi connectivity index (χ0) is 16.8. The van der Waals surface area contributed by atoms with Gasteiger partial charge in [0.15, 0.2) is 0 Å². The molecule has 0 spiro atoms. The SMILES string of the molecule is CC(NC(=O)/C(C#N)=C/c1ccc(Cl)cc1Cl)c1ccccc1. The molecule has 2 rings (SSSR count). The lowest BCUT2D eigenvalue weighted by atomic mass is 10.1. The van der Waals surface area contributed by atoms with Crippen LogP contribution in [-0.4, -0.2) is 5.91 Å². The molecule has 5 heteroatoms. The van der Waals surface area contributed by atoms with Crippen molar-refractivity contribution in [3.63, 3.8) is 0 Å². The van der Waals surface area contributed by atoms with Crippen molar-refractivity contribution in [1.82, 2.24) is 5.32 Å². The molecule has 2 aromatic carbocycles. The quantitative estimate of drug-likeness (QED) is 0.641. The molecule has 0 aliphatic heterocycles. The topological polar surface area (TPSA) is 52.9 Å². The van der Waals surface area contributed by atoms with Crippen molar-refractivity contribution >= 4 is 35.2 Å². The molecule has 0 heterocycles. The minimum Gasteiger partial charge on any atom is -0.345 e. The van der Waals surface area contributed by atoms with Crippen molar-refractivity contribution in [3.8, 4) is 6.07 Å². The first-order valence-corrected chi connectivity index (χ1v) is 7.69. The average Bonchev–Trinajstić information content (AvgIpc) is 2.54. The summed E-state index contributed by atoms with van der Waals surface area (Å²) in [5, 5.41) is 12.9. The van der Waals surface area contributed by atoms with Crippen LogP contribution >= 0.6 is 23.2 Å². The Hall–Kier alpha value is -2.28. The van der Waals surface area contributed by atoms with Crippen molar-refractivity contribution in [2.75, 3.05) is 0 Å². The Bertz CT molecular complexity index is 779. The number of amides is 1. The van der Waals surface area contributed by atoms with E-state index in [0.717, 1.165) is 5.56 Å². The maximum absolute atomic E-state index is 12.3. The zero-order valence-corrected chi connectivity index (χ0v) is 13.9. The van der Waals surface area contributed by atoms with E-state index in [9.17, 15) is 10.1 Å². The van der Waals surface area contributed by atoms with Gasteiger partial charge in [-0.1, -0.05) is 59.6 Å². The Morgan fingerprint density at radius 3 is 2.52 bits per heavy atom. The number of carbonyl (C=O) groups is 1. The summed E-state index contributed by atoms with van der Waals surface area (Å²) in [6.45, 7) is 1.86. The normalized spacial score (nSPS) is 12.3. The highest BCUT2D eigenvalue weighted by Crippen LogP contribution is 2.23. The van der Waals surface area contributed by atoms with Crippen molar-refractivity contribution in [3.05, 3.63) is 75.3 Å². The third kappa shape index (κ3) is 4.59. The number of nitrogens with zero attached hydrogens (tertiary/aromatic N) is 1. The van der Waals surface area contributed by atoms with Crippen LogP contribution in [0.25, 0.3) is 6.08 Å². The van der Waals surface area contributed by atoms with Gasteiger partial charge in [-0.3, -0.25) is 4.79 Å². The van der Waals surface area contributed by atoms with Gasteiger partial charge in [-0.15, -0.1) is 0 Å². The van der Waals surface area contributed by atoms with Crippen LogP contribution < -0.4 is 5.32 Å². The van der Waals surface area contributed by atoms with Gasteiger partial charge in [-0.05, 0) is 36.3 Å². The molecule has 0 aromatic heterocycles. The Morgan fingerprint density at radius 2 is 1.91 bits per heavy atom. The van der Waals surface area contributed by atoms with Crippen LogP contribution in [0.1, 0.15) is 24.1 Å². The molecule has 0 aliphatic rings. The summed E-state index contributed by atoms with van der Waals surface area (Å²) in [6.07, 6.45) is 1.45. The molecule has 0 radical (unpaired) electrons. The van der Waals surface area contributed by atoms with Crippen molar-refractivity contribution in [1.29, 1.82) is 5.26 Å². The highest BCUT2D eigenvalue weighted by atomic mass is 35.5. The summed E-state index contributed by atoms with van der Waals surface area (Å²) in [6, 6.07) is 16.1. The van der Waals surface area contributed by atoms with E-state index in [0.29, 0.717) is 15.6 Å². The number of halogens is 2. The molecule has 1 unspecified atom stereocenters. The minimum atomic E-state index is -0.449. The lowest BCUT2D eigenvalue weighted by molar-refractivity contribution is -0.117. The van der Waals surface area contributed by atoms with E-state index in [1.165, 1.54) is 6.08 Å². The molecule has 1 amide bonds. The van der Waals surface area contributed by atoms with Gasteiger partial charge < -0.3 is 5.32 Å². The van der Waals surface area contributed by atoms with Crippen molar-refractivity contribution in [2.24, 2.45) is 0 Å². The monoisotopic (exact) mass is 344 g/mol. The second-order valence-corrected chi connectivity index (χ2v) is 5.79. The lowest BCUT2D eigenvalue weighted by Crippen LogP contribution is -2.27. The number of benzene rings is 2. The summed E-state index contributed by atoms with van der Waals surface area (Å²) in [5.41, 5.74) is 1.51. The van der Waals surface area contributed by atoms with Crippen LogP contribution in [0.15, 0.2) is 54.1 Å². The van der Waals surface area contributed by atoms with Gasteiger partial charge in [0.1, 0.15) is 11.6 Å². The first-order chi connectivity index (χ1) is 11.0. The van der Waals surface area contributed by atoms with E-state index >= 15 is 0 Å². The third-order valence-electron chi connectivity index (χ3n) is 3.27. The molecule has 2 aromatic rings. The van der Waals surface area contributed by atoms with E-state index in [4.69, 9.17) is 23.2 Å². The molecule has 0 saturated heterocycles. The fourth-order valence-corrected chi connectivity index (χ4v) is 2.49. The molecule has 1 N–H and O–H groups in total. The van der Waals surface area contributed by atoms with Gasteiger partial charge in [-0.2, -0.15) is 5.26 Å². The van der Waals surface area contributed by atoms with E-state index in [-0.39, 0.29) is 11.6 Å². The number of hydrogen-bond acceptors (Lipinski definition) is 2. The molecular weight excluding hydrogens is 331 g/mol. The van der Waals surface area contributed by atoms with Crippen LogP contribution in [0.2, 0.25) is 10.0 Å². The number of nitriles is 1. The van der Waals surface area contributed by atoms with Gasteiger partial charge in [0.05, 0.1) is 6.04 Å². The van der Waals surface area contributed by atoms with E-state index < -0.39 is 5.91 Å². The van der Waals surface area contributed by atoms with Crippen LogP contribution in [0.4, 0.5) is 0 Å². The van der Waals surface area contributed by atoms with Crippen molar-refractivity contribution in [2.45, 2.75) is 13.0 Å². The van der Waals surface area contributed by atoms with Crippen LogP contribution in [0, 0.1) is 11.3 Å². The van der Waals surface area contributed by atoms with Gasteiger partial charge in [0.25, 0.3) is 5.91 Å². The molecule has 0 fully saturated rings. The molecule has 116 valence electrons. The zero-order valence-electron chi connectivity index (χ0n) is 12.4. The Morgan fingerprint density at radius 1 is 1.22 bits per heavy atom. The van der Waals surface area contributed by atoms with Crippen LogP contribution in [0.5, 0.6) is 0 Å². The molecule has 1 atom stereocenters. The van der Waals surface area contributed by atoms with E-state index in [1.807, 2.05) is 43.3 Å². The summed E-state index contributed by atoms with van der Waals surface area (Å²) in [7, 11) is 0.